The number of aliphatic hydroxyl groups excluding tert-OH is 1. The maximum absolute atomic E-state index is 12.7. The molecule has 25 heavy (non-hydrogen) atoms. The molecule has 0 aromatic heterocycles. The lowest BCUT2D eigenvalue weighted by atomic mass is 9.91. The van der Waals surface area contributed by atoms with Crippen LogP contribution in [-0.2, 0) is 4.79 Å². The topological polar surface area (TPSA) is 55.8 Å². The number of hydrogen-bond acceptors (Lipinski definition) is 4. The SMILES string of the molecule is O=C(CN1CCN(CCO)CC1)NC(c1ccccc1)C1CCCC1. The lowest BCUT2D eigenvalue weighted by molar-refractivity contribution is -0.123. The van der Waals surface area contributed by atoms with Gasteiger partial charge < -0.3 is 10.4 Å². The molecule has 1 atom stereocenters. The van der Waals surface area contributed by atoms with Crippen LogP contribution in [0.2, 0.25) is 0 Å². The fraction of sp³-hybridized carbons (Fsp3) is 0.650. The molecule has 0 radical (unpaired) electrons. The number of nitrogens with one attached hydrogen (secondary N) is 1. The summed E-state index contributed by atoms with van der Waals surface area (Å²) in [6.45, 7) is 5.07. The number of amides is 1. The standard InChI is InChI=1S/C20H31N3O2/c24-15-14-22-10-12-23(13-11-22)16-19(25)21-20(18-8-4-5-9-18)17-6-2-1-3-7-17/h1-3,6-7,18,20,24H,4-5,8-16H2,(H,21,25). The Morgan fingerprint density at radius 3 is 2.36 bits per heavy atom. The third-order valence-electron chi connectivity index (χ3n) is 5.59. The molecule has 1 saturated carbocycles. The molecule has 2 fully saturated rings. The van der Waals surface area contributed by atoms with Crippen LogP contribution in [0, 0.1) is 5.92 Å². The molecule has 1 heterocycles. The molecule has 3 rings (SSSR count). The second-order valence-electron chi connectivity index (χ2n) is 7.34. The van der Waals surface area contributed by atoms with Crippen LogP contribution in [0.1, 0.15) is 37.3 Å². The Bertz CT molecular complexity index is 523. The molecule has 2 aliphatic rings. The van der Waals surface area contributed by atoms with Crippen molar-refractivity contribution < 1.29 is 9.90 Å². The zero-order valence-corrected chi connectivity index (χ0v) is 15.1. The van der Waals surface area contributed by atoms with Crippen LogP contribution < -0.4 is 5.32 Å². The zero-order valence-electron chi connectivity index (χ0n) is 15.1. The number of hydrogen-bond donors (Lipinski definition) is 2. The molecule has 5 heteroatoms. The molecular formula is C20H31N3O2. The van der Waals surface area contributed by atoms with E-state index in [0.29, 0.717) is 12.5 Å². The predicted octanol–water partition coefficient (Wildman–Crippen LogP) is 1.64. The molecule has 1 aromatic rings. The Morgan fingerprint density at radius 2 is 1.72 bits per heavy atom. The molecule has 5 nitrogen and oxygen atoms in total. The van der Waals surface area contributed by atoms with Gasteiger partial charge in [0, 0.05) is 32.7 Å². The van der Waals surface area contributed by atoms with Crippen molar-refractivity contribution in [2.24, 2.45) is 5.92 Å². The first-order valence-corrected chi connectivity index (χ1v) is 9.66. The van der Waals surface area contributed by atoms with Crippen LogP contribution in [0.15, 0.2) is 30.3 Å². The predicted molar refractivity (Wildman–Crippen MR) is 99.2 cm³/mol. The lowest BCUT2D eigenvalue weighted by Crippen LogP contribution is -2.50. The van der Waals surface area contributed by atoms with Crippen LogP contribution in [-0.4, -0.2) is 66.7 Å². The van der Waals surface area contributed by atoms with E-state index < -0.39 is 0 Å². The van der Waals surface area contributed by atoms with Crippen LogP contribution in [0.3, 0.4) is 0 Å². The average molecular weight is 345 g/mol. The molecule has 1 unspecified atom stereocenters. The summed E-state index contributed by atoms with van der Waals surface area (Å²) in [5.74, 6) is 0.698. The third kappa shape index (κ3) is 5.27. The van der Waals surface area contributed by atoms with Crippen molar-refractivity contribution in [1.82, 2.24) is 15.1 Å². The van der Waals surface area contributed by atoms with E-state index in [0.717, 1.165) is 32.7 Å². The highest BCUT2D eigenvalue weighted by Gasteiger charge is 2.28. The summed E-state index contributed by atoms with van der Waals surface area (Å²) < 4.78 is 0. The maximum atomic E-state index is 12.7. The van der Waals surface area contributed by atoms with Crippen LogP contribution in [0.25, 0.3) is 0 Å². The van der Waals surface area contributed by atoms with Gasteiger partial charge in [-0.2, -0.15) is 0 Å². The molecule has 1 amide bonds. The summed E-state index contributed by atoms with van der Waals surface area (Å²) in [6.07, 6.45) is 4.97. The molecule has 0 bridgehead atoms. The number of β-amino-alcohol motifs (C(OH)–C–C–N with tert-alkyl or cyclic N) is 1. The third-order valence-corrected chi connectivity index (χ3v) is 5.59. The number of piperazine rings is 1. The normalized spacial score (nSPS) is 21.3. The Labute approximate surface area is 151 Å². The van der Waals surface area contributed by atoms with Crippen molar-refractivity contribution in [1.29, 1.82) is 0 Å². The highest BCUT2D eigenvalue weighted by Crippen LogP contribution is 2.35. The molecule has 2 N–H and O–H groups in total. The van der Waals surface area contributed by atoms with Crippen LogP contribution in [0.5, 0.6) is 0 Å². The minimum atomic E-state index is 0.136. The monoisotopic (exact) mass is 345 g/mol. The van der Waals surface area contributed by atoms with E-state index in [-0.39, 0.29) is 18.6 Å². The van der Waals surface area contributed by atoms with Crippen molar-refractivity contribution in [3.8, 4) is 0 Å². The van der Waals surface area contributed by atoms with Crippen LogP contribution >= 0.6 is 0 Å². The van der Waals surface area contributed by atoms with E-state index in [2.05, 4.69) is 39.4 Å². The molecule has 1 saturated heterocycles. The minimum absolute atomic E-state index is 0.136. The largest absolute Gasteiger partial charge is 0.395 e. The van der Waals surface area contributed by atoms with Gasteiger partial charge in [-0.25, -0.2) is 0 Å². The average Bonchev–Trinajstić information content (AvgIpc) is 3.17. The van der Waals surface area contributed by atoms with Gasteiger partial charge in [0.15, 0.2) is 0 Å². The molecule has 1 aliphatic carbocycles. The first-order valence-electron chi connectivity index (χ1n) is 9.66. The number of benzene rings is 1. The van der Waals surface area contributed by atoms with Gasteiger partial charge in [0.2, 0.25) is 5.91 Å². The van der Waals surface area contributed by atoms with E-state index in [9.17, 15) is 4.79 Å². The summed E-state index contributed by atoms with van der Waals surface area (Å²) in [7, 11) is 0. The van der Waals surface area contributed by atoms with Gasteiger partial charge in [0.1, 0.15) is 0 Å². The maximum Gasteiger partial charge on any atom is 0.234 e. The molecule has 1 aromatic carbocycles. The Hall–Kier alpha value is -1.43. The van der Waals surface area contributed by atoms with Crippen molar-refractivity contribution >= 4 is 5.91 Å². The minimum Gasteiger partial charge on any atom is -0.395 e. The van der Waals surface area contributed by atoms with E-state index in [4.69, 9.17) is 5.11 Å². The second-order valence-corrected chi connectivity index (χ2v) is 7.34. The summed E-state index contributed by atoms with van der Waals surface area (Å²) in [5, 5.41) is 12.3. The summed E-state index contributed by atoms with van der Waals surface area (Å²) in [6, 6.07) is 10.6. The van der Waals surface area contributed by atoms with Gasteiger partial charge >= 0.3 is 0 Å². The quantitative estimate of drug-likeness (QED) is 0.789. The molecule has 138 valence electrons. The highest BCUT2D eigenvalue weighted by atomic mass is 16.3. The number of aliphatic hydroxyl groups is 1. The molecule has 1 aliphatic heterocycles. The summed E-state index contributed by atoms with van der Waals surface area (Å²) in [4.78, 5) is 17.1. The number of nitrogens with zero attached hydrogens (tertiary/aromatic N) is 2. The van der Waals surface area contributed by atoms with Gasteiger partial charge in [-0.3, -0.25) is 14.6 Å². The van der Waals surface area contributed by atoms with E-state index in [1.807, 2.05) is 6.07 Å². The number of carbonyl (C=O) groups is 1. The van der Waals surface area contributed by atoms with E-state index in [1.54, 1.807) is 0 Å². The fourth-order valence-corrected chi connectivity index (χ4v) is 4.16. The number of rotatable bonds is 7. The van der Waals surface area contributed by atoms with E-state index >= 15 is 0 Å². The summed E-state index contributed by atoms with van der Waals surface area (Å²) in [5.41, 5.74) is 1.23. The van der Waals surface area contributed by atoms with Crippen molar-refractivity contribution in [2.45, 2.75) is 31.7 Å². The van der Waals surface area contributed by atoms with Gasteiger partial charge in [0.25, 0.3) is 0 Å². The zero-order chi connectivity index (χ0) is 17.5. The highest BCUT2D eigenvalue weighted by molar-refractivity contribution is 5.78. The van der Waals surface area contributed by atoms with Gasteiger partial charge in [-0.1, -0.05) is 43.2 Å². The van der Waals surface area contributed by atoms with Crippen molar-refractivity contribution in [2.75, 3.05) is 45.9 Å². The molecular weight excluding hydrogens is 314 g/mol. The number of carbonyl (C=O) groups excluding carboxylic acids is 1. The van der Waals surface area contributed by atoms with Gasteiger partial charge in [-0.15, -0.1) is 0 Å². The Balaban J connectivity index is 1.54. The Kier molecular flexibility index (Phi) is 6.84. The van der Waals surface area contributed by atoms with E-state index in [1.165, 1.54) is 31.2 Å². The fourth-order valence-electron chi connectivity index (χ4n) is 4.16. The van der Waals surface area contributed by atoms with Gasteiger partial charge in [-0.05, 0) is 24.3 Å². The first kappa shape index (κ1) is 18.4. The lowest BCUT2D eigenvalue weighted by Gasteiger charge is -2.34. The van der Waals surface area contributed by atoms with Crippen molar-refractivity contribution in [3.63, 3.8) is 0 Å². The van der Waals surface area contributed by atoms with Crippen molar-refractivity contribution in [3.05, 3.63) is 35.9 Å². The first-order chi connectivity index (χ1) is 12.3. The van der Waals surface area contributed by atoms with Gasteiger partial charge in [0.05, 0.1) is 19.2 Å². The smallest absolute Gasteiger partial charge is 0.234 e. The summed E-state index contributed by atoms with van der Waals surface area (Å²) >= 11 is 0. The molecule has 0 spiro atoms. The Morgan fingerprint density at radius 1 is 1.08 bits per heavy atom. The second kappa shape index (κ2) is 9.32. The van der Waals surface area contributed by atoms with Crippen LogP contribution in [0.4, 0.5) is 0 Å².